The zero-order valence-corrected chi connectivity index (χ0v) is 16.9. The number of rotatable bonds is 4. The fourth-order valence-electron chi connectivity index (χ4n) is 5.35. The van der Waals surface area contributed by atoms with E-state index in [1.165, 1.54) is 16.5 Å². The van der Waals surface area contributed by atoms with Gasteiger partial charge in [-0.2, -0.15) is 0 Å². The number of fused-ring (bicyclic) bond motifs is 4. The van der Waals surface area contributed by atoms with Crippen LogP contribution in [-0.4, -0.2) is 45.2 Å². The third-order valence-corrected chi connectivity index (χ3v) is 6.95. The number of hydrogen-bond donors (Lipinski definition) is 1. The fourth-order valence-corrected chi connectivity index (χ4v) is 5.35. The van der Waals surface area contributed by atoms with Crippen molar-refractivity contribution in [3.8, 4) is 0 Å². The first-order valence-electron chi connectivity index (χ1n) is 11.0. The molecular weight excluding hydrogens is 374 g/mol. The van der Waals surface area contributed by atoms with Crippen LogP contribution in [0.5, 0.6) is 0 Å². The van der Waals surface area contributed by atoms with E-state index in [2.05, 4.69) is 41.4 Å². The van der Waals surface area contributed by atoms with Crippen LogP contribution in [0.15, 0.2) is 54.6 Å². The van der Waals surface area contributed by atoms with Gasteiger partial charge in [-0.1, -0.05) is 48.5 Å². The van der Waals surface area contributed by atoms with Crippen LogP contribution in [0.2, 0.25) is 0 Å². The molecule has 2 unspecified atom stereocenters. The molecule has 0 radical (unpaired) electrons. The standard InChI is InChI=1S/C25H25N3O2/c29-23-15-27(17-11-12-17)25(30)22-14-19-18-8-4-5-9-20(18)26-24(19)21(28(22)23)13-10-16-6-2-1-3-7-16/h1-9,17,21-22,26H,10-15H2. The minimum absolute atomic E-state index is 0.0915. The number of para-hydroxylation sites is 1. The Labute approximate surface area is 175 Å². The number of amides is 2. The summed E-state index contributed by atoms with van der Waals surface area (Å²) in [4.78, 5) is 34.0. The predicted octanol–water partition coefficient (Wildman–Crippen LogP) is 3.60. The number of benzene rings is 2. The van der Waals surface area contributed by atoms with Gasteiger partial charge in [-0.15, -0.1) is 0 Å². The maximum absolute atomic E-state index is 13.4. The largest absolute Gasteiger partial charge is 0.356 e. The summed E-state index contributed by atoms with van der Waals surface area (Å²) >= 11 is 0. The third-order valence-electron chi connectivity index (χ3n) is 6.95. The molecule has 2 amide bonds. The van der Waals surface area contributed by atoms with E-state index in [1.807, 2.05) is 28.0 Å². The summed E-state index contributed by atoms with van der Waals surface area (Å²) in [6.45, 7) is 0.234. The van der Waals surface area contributed by atoms with E-state index in [0.29, 0.717) is 6.42 Å². The molecule has 5 nitrogen and oxygen atoms in total. The molecule has 0 bridgehead atoms. The molecule has 0 spiro atoms. The topological polar surface area (TPSA) is 56.4 Å². The Morgan fingerprint density at radius 3 is 2.53 bits per heavy atom. The van der Waals surface area contributed by atoms with Gasteiger partial charge >= 0.3 is 0 Å². The molecule has 1 N–H and O–H groups in total. The fraction of sp³-hybridized carbons (Fsp3) is 0.360. The van der Waals surface area contributed by atoms with Crippen molar-refractivity contribution in [2.24, 2.45) is 0 Å². The smallest absolute Gasteiger partial charge is 0.246 e. The summed E-state index contributed by atoms with van der Waals surface area (Å²) in [6, 6.07) is 18.5. The van der Waals surface area contributed by atoms with Crippen molar-refractivity contribution >= 4 is 22.7 Å². The summed E-state index contributed by atoms with van der Waals surface area (Å²) in [6.07, 6.45) is 4.35. The van der Waals surface area contributed by atoms with Gasteiger partial charge in [0.15, 0.2) is 0 Å². The molecule has 3 heterocycles. The normalized spacial score (nSPS) is 23.6. The summed E-state index contributed by atoms with van der Waals surface area (Å²) in [5, 5.41) is 1.18. The van der Waals surface area contributed by atoms with Gasteiger partial charge in [0.2, 0.25) is 11.8 Å². The summed E-state index contributed by atoms with van der Waals surface area (Å²) < 4.78 is 0. The Bertz CT molecular complexity index is 1130. The minimum Gasteiger partial charge on any atom is -0.356 e. The van der Waals surface area contributed by atoms with Gasteiger partial charge in [-0.05, 0) is 42.9 Å². The van der Waals surface area contributed by atoms with Crippen molar-refractivity contribution in [1.29, 1.82) is 0 Å². The van der Waals surface area contributed by atoms with Crippen LogP contribution in [0, 0.1) is 0 Å². The van der Waals surface area contributed by atoms with Crippen LogP contribution in [0.3, 0.4) is 0 Å². The molecule has 3 aromatic rings. The Morgan fingerprint density at radius 2 is 1.73 bits per heavy atom. The van der Waals surface area contributed by atoms with Gasteiger partial charge in [0.1, 0.15) is 12.6 Å². The average Bonchev–Trinajstić information content (AvgIpc) is 3.55. The van der Waals surface area contributed by atoms with Gasteiger partial charge in [0.05, 0.1) is 6.04 Å². The van der Waals surface area contributed by atoms with Crippen LogP contribution < -0.4 is 0 Å². The number of aromatic amines is 1. The molecule has 1 aromatic heterocycles. The van der Waals surface area contributed by atoms with Crippen molar-refractivity contribution in [2.45, 2.75) is 50.2 Å². The Kier molecular flexibility index (Phi) is 3.98. The van der Waals surface area contributed by atoms with Gasteiger partial charge in [0.25, 0.3) is 0 Å². The van der Waals surface area contributed by atoms with E-state index >= 15 is 0 Å². The Balaban J connectivity index is 1.42. The monoisotopic (exact) mass is 399 g/mol. The van der Waals surface area contributed by atoms with Crippen molar-refractivity contribution in [2.75, 3.05) is 6.54 Å². The highest BCUT2D eigenvalue weighted by Crippen LogP contribution is 2.42. The number of carbonyl (C=O) groups excluding carboxylic acids is 2. The highest BCUT2D eigenvalue weighted by atomic mass is 16.2. The van der Waals surface area contributed by atoms with E-state index in [1.54, 1.807) is 0 Å². The zero-order chi connectivity index (χ0) is 20.2. The van der Waals surface area contributed by atoms with Gasteiger partial charge in [-0.25, -0.2) is 0 Å². The second kappa shape index (κ2) is 6.73. The van der Waals surface area contributed by atoms with Crippen LogP contribution in [-0.2, 0) is 22.4 Å². The first-order chi connectivity index (χ1) is 14.7. The Morgan fingerprint density at radius 1 is 0.967 bits per heavy atom. The zero-order valence-electron chi connectivity index (χ0n) is 16.9. The molecule has 2 aliphatic heterocycles. The molecule has 1 saturated carbocycles. The predicted molar refractivity (Wildman–Crippen MR) is 115 cm³/mol. The van der Waals surface area contributed by atoms with Crippen molar-refractivity contribution in [1.82, 2.24) is 14.8 Å². The lowest BCUT2D eigenvalue weighted by Gasteiger charge is -2.47. The molecule has 6 rings (SSSR count). The minimum atomic E-state index is -0.376. The second-order valence-electron chi connectivity index (χ2n) is 8.82. The molecule has 30 heavy (non-hydrogen) atoms. The van der Waals surface area contributed by atoms with Crippen molar-refractivity contribution in [3.05, 3.63) is 71.4 Å². The molecular formula is C25H25N3O2. The number of aryl methyl sites for hydroxylation is 1. The summed E-state index contributed by atoms with van der Waals surface area (Å²) in [5.41, 5.74) is 4.67. The quantitative estimate of drug-likeness (QED) is 0.729. The number of nitrogens with zero attached hydrogens (tertiary/aromatic N) is 2. The lowest BCUT2D eigenvalue weighted by molar-refractivity contribution is -0.160. The number of hydrogen-bond acceptors (Lipinski definition) is 2. The molecule has 3 aliphatic rings. The molecule has 1 aliphatic carbocycles. The maximum atomic E-state index is 13.4. The first kappa shape index (κ1) is 17.8. The number of carbonyl (C=O) groups is 2. The molecule has 152 valence electrons. The van der Waals surface area contributed by atoms with Crippen LogP contribution in [0.25, 0.3) is 10.9 Å². The van der Waals surface area contributed by atoms with E-state index in [0.717, 1.165) is 36.9 Å². The highest BCUT2D eigenvalue weighted by molar-refractivity contribution is 5.97. The van der Waals surface area contributed by atoms with E-state index in [-0.39, 0.29) is 36.5 Å². The van der Waals surface area contributed by atoms with Crippen LogP contribution >= 0.6 is 0 Å². The summed E-state index contributed by atoms with van der Waals surface area (Å²) in [7, 11) is 0. The molecule has 2 fully saturated rings. The molecule has 2 atom stereocenters. The number of piperazine rings is 1. The van der Waals surface area contributed by atoms with Gasteiger partial charge in [0, 0.05) is 29.1 Å². The van der Waals surface area contributed by atoms with Crippen LogP contribution in [0.1, 0.15) is 42.1 Å². The van der Waals surface area contributed by atoms with E-state index in [4.69, 9.17) is 0 Å². The molecule has 2 aromatic carbocycles. The maximum Gasteiger partial charge on any atom is 0.246 e. The van der Waals surface area contributed by atoms with Crippen molar-refractivity contribution in [3.63, 3.8) is 0 Å². The van der Waals surface area contributed by atoms with Crippen molar-refractivity contribution < 1.29 is 9.59 Å². The van der Waals surface area contributed by atoms with E-state index in [9.17, 15) is 9.59 Å². The molecule has 1 saturated heterocycles. The average molecular weight is 399 g/mol. The highest BCUT2D eigenvalue weighted by Gasteiger charge is 2.50. The molecule has 5 heteroatoms. The Hall–Kier alpha value is -3.08. The first-order valence-corrected chi connectivity index (χ1v) is 11.0. The van der Waals surface area contributed by atoms with Gasteiger partial charge < -0.3 is 14.8 Å². The van der Waals surface area contributed by atoms with Crippen LogP contribution in [0.4, 0.5) is 0 Å². The number of aromatic nitrogens is 1. The SMILES string of the molecule is O=C1C2Cc3c([nH]c4ccccc34)C(CCc3ccccc3)N2C(=O)CN1C1CC1. The van der Waals surface area contributed by atoms with E-state index < -0.39 is 0 Å². The van der Waals surface area contributed by atoms with Gasteiger partial charge in [-0.3, -0.25) is 9.59 Å². The summed E-state index contributed by atoms with van der Waals surface area (Å²) in [5.74, 6) is 0.228. The lowest BCUT2D eigenvalue weighted by atomic mass is 9.86. The second-order valence-corrected chi connectivity index (χ2v) is 8.82. The third kappa shape index (κ3) is 2.76. The number of H-pyrrole nitrogens is 1. The lowest BCUT2D eigenvalue weighted by Crippen LogP contribution is -2.63. The number of nitrogens with one attached hydrogen (secondary N) is 1.